The number of hydrogen-bond donors (Lipinski definition) is 2. The van der Waals surface area contributed by atoms with Gasteiger partial charge in [-0.1, -0.05) is 25.1 Å². The van der Waals surface area contributed by atoms with Crippen molar-refractivity contribution in [1.82, 2.24) is 10.2 Å². The number of rotatable bonds is 5. The zero-order valence-corrected chi connectivity index (χ0v) is 11.7. The van der Waals surface area contributed by atoms with Crippen LogP contribution >= 0.6 is 0 Å². The van der Waals surface area contributed by atoms with Crippen LogP contribution in [0.15, 0.2) is 24.3 Å². The molecule has 1 aromatic carbocycles. The monoisotopic (exact) mass is 263 g/mol. The minimum atomic E-state index is -0.244. The van der Waals surface area contributed by atoms with Crippen LogP contribution in [0.5, 0.6) is 0 Å². The van der Waals surface area contributed by atoms with E-state index in [2.05, 4.69) is 10.6 Å². The number of carbonyl (C=O) groups excluding carboxylic acids is 2. The smallest absolute Gasteiger partial charge is 0.319 e. The molecule has 104 valence electrons. The molecule has 2 N–H and O–H groups in total. The summed E-state index contributed by atoms with van der Waals surface area (Å²) in [7, 11) is 3.43. The second-order valence-electron chi connectivity index (χ2n) is 4.50. The summed E-state index contributed by atoms with van der Waals surface area (Å²) in [5.41, 5.74) is 1.49. The molecule has 0 aliphatic rings. The Morgan fingerprint density at radius 1 is 1.21 bits per heavy atom. The lowest BCUT2D eigenvalue weighted by molar-refractivity contribution is -0.127. The van der Waals surface area contributed by atoms with Crippen molar-refractivity contribution >= 4 is 17.6 Å². The molecule has 0 aliphatic carbocycles. The summed E-state index contributed by atoms with van der Waals surface area (Å²) in [5.74, 6) is 0.00298. The Morgan fingerprint density at radius 2 is 1.89 bits per heavy atom. The van der Waals surface area contributed by atoms with Crippen LogP contribution in [0.2, 0.25) is 0 Å². The molecule has 0 unspecified atom stereocenters. The highest BCUT2D eigenvalue weighted by Gasteiger charge is 2.10. The van der Waals surface area contributed by atoms with E-state index in [1.54, 1.807) is 20.2 Å². The second-order valence-corrected chi connectivity index (χ2v) is 4.50. The number of para-hydroxylation sites is 1. The topological polar surface area (TPSA) is 61.4 Å². The molecule has 0 atom stereocenters. The van der Waals surface area contributed by atoms with Crippen LogP contribution in [0.25, 0.3) is 0 Å². The lowest BCUT2D eigenvalue weighted by Crippen LogP contribution is -2.30. The molecule has 5 nitrogen and oxygen atoms in total. The molecule has 0 spiro atoms. The van der Waals surface area contributed by atoms with Crippen LogP contribution in [0, 0.1) is 0 Å². The minimum Gasteiger partial charge on any atom is -0.349 e. The van der Waals surface area contributed by atoms with Crippen molar-refractivity contribution in [2.24, 2.45) is 0 Å². The fourth-order valence-corrected chi connectivity index (χ4v) is 1.52. The van der Waals surface area contributed by atoms with E-state index < -0.39 is 0 Å². The molecular weight excluding hydrogens is 242 g/mol. The number of anilines is 1. The Hall–Kier alpha value is -2.04. The first-order chi connectivity index (χ1) is 9.04. The maximum atomic E-state index is 11.7. The van der Waals surface area contributed by atoms with E-state index >= 15 is 0 Å². The molecule has 0 heterocycles. The molecule has 0 bridgehead atoms. The van der Waals surface area contributed by atoms with Gasteiger partial charge in [-0.15, -0.1) is 0 Å². The van der Waals surface area contributed by atoms with Crippen molar-refractivity contribution < 1.29 is 9.59 Å². The summed E-state index contributed by atoms with van der Waals surface area (Å²) in [6, 6.07) is 7.08. The van der Waals surface area contributed by atoms with Gasteiger partial charge in [0.1, 0.15) is 0 Å². The number of nitrogens with one attached hydrogen (secondary N) is 2. The Kier molecular flexibility index (Phi) is 5.85. The highest BCUT2D eigenvalue weighted by Crippen LogP contribution is 2.16. The molecule has 0 aliphatic heterocycles. The predicted octanol–water partition coefficient (Wildman–Crippen LogP) is 1.85. The number of benzene rings is 1. The number of hydrogen-bond acceptors (Lipinski definition) is 2. The average Bonchev–Trinajstić information content (AvgIpc) is 2.38. The first-order valence-corrected chi connectivity index (χ1v) is 6.37. The van der Waals surface area contributed by atoms with Crippen LogP contribution < -0.4 is 10.6 Å². The Bertz CT molecular complexity index is 444. The van der Waals surface area contributed by atoms with Crippen molar-refractivity contribution in [2.75, 3.05) is 26.0 Å². The van der Waals surface area contributed by atoms with Crippen molar-refractivity contribution in [1.29, 1.82) is 0 Å². The number of carbonyl (C=O) groups is 2. The van der Waals surface area contributed by atoms with E-state index in [9.17, 15) is 9.59 Å². The van der Waals surface area contributed by atoms with Crippen LogP contribution in [0.4, 0.5) is 10.5 Å². The minimum absolute atomic E-state index is 0.00298. The van der Waals surface area contributed by atoms with Gasteiger partial charge in [0, 0.05) is 26.3 Å². The summed E-state index contributed by atoms with van der Waals surface area (Å²) < 4.78 is 0. The Balaban J connectivity index is 2.73. The summed E-state index contributed by atoms with van der Waals surface area (Å²) in [6.45, 7) is 2.62. The molecule has 0 aromatic heterocycles. The molecule has 1 aromatic rings. The number of likely N-dealkylation sites (N-methyl/N-ethyl adjacent to an activating group) is 1. The van der Waals surface area contributed by atoms with Gasteiger partial charge in [0.2, 0.25) is 5.91 Å². The van der Waals surface area contributed by atoms with E-state index in [0.29, 0.717) is 12.2 Å². The van der Waals surface area contributed by atoms with Gasteiger partial charge in [0.15, 0.2) is 0 Å². The maximum Gasteiger partial charge on any atom is 0.319 e. The molecular formula is C14H21N3O2. The third-order valence-corrected chi connectivity index (χ3v) is 2.64. The predicted molar refractivity (Wildman–Crippen MR) is 76.2 cm³/mol. The van der Waals surface area contributed by atoms with Gasteiger partial charge in [-0.3, -0.25) is 4.79 Å². The van der Waals surface area contributed by atoms with Crippen molar-refractivity contribution in [3.8, 4) is 0 Å². The van der Waals surface area contributed by atoms with Gasteiger partial charge in [0.05, 0.1) is 6.42 Å². The summed E-state index contributed by atoms with van der Waals surface area (Å²) >= 11 is 0. The molecule has 5 heteroatoms. The molecule has 1 rings (SSSR count). The fourth-order valence-electron chi connectivity index (χ4n) is 1.52. The van der Waals surface area contributed by atoms with Gasteiger partial charge in [-0.25, -0.2) is 4.79 Å². The first kappa shape index (κ1) is 15.0. The van der Waals surface area contributed by atoms with Crippen LogP contribution in [0.3, 0.4) is 0 Å². The lowest BCUT2D eigenvalue weighted by atomic mass is 10.1. The zero-order chi connectivity index (χ0) is 14.3. The van der Waals surface area contributed by atoms with E-state index in [1.807, 2.05) is 25.1 Å². The quantitative estimate of drug-likeness (QED) is 0.851. The van der Waals surface area contributed by atoms with E-state index in [4.69, 9.17) is 0 Å². The molecule has 0 fully saturated rings. The number of amides is 3. The highest BCUT2D eigenvalue weighted by atomic mass is 16.2. The second kappa shape index (κ2) is 7.41. The molecule has 0 radical (unpaired) electrons. The van der Waals surface area contributed by atoms with E-state index in [1.165, 1.54) is 4.90 Å². The standard InChI is InChI=1S/C14H21N3O2/c1-4-9-15-14(19)16-12-8-6-5-7-11(12)10-13(18)17(2)3/h5-8H,4,9-10H2,1-3H3,(H2,15,16,19). The van der Waals surface area contributed by atoms with Gasteiger partial charge >= 0.3 is 6.03 Å². The van der Waals surface area contributed by atoms with Gasteiger partial charge < -0.3 is 15.5 Å². The van der Waals surface area contributed by atoms with Crippen LogP contribution in [0.1, 0.15) is 18.9 Å². The van der Waals surface area contributed by atoms with Gasteiger partial charge in [-0.2, -0.15) is 0 Å². The number of nitrogens with zero attached hydrogens (tertiary/aromatic N) is 1. The lowest BCUT2D eigenvalue weighted by Gasteiger charge is -2.14. The highest BCUT2D eigenvalue weighted by molar-refractivity contribution is 5.91. The SMILES string of the molecule is CCCNC(=O)Nc1ccccc1CC(=O)N(C)C. The third kappa shape index (κ3) is 4.99. The Morgan fingerprint density at radius 3 is 2.53 bits per heavy atom. The van der Waals surface area contributed by atoms with E-state index in [0.717, 1.165) is 12.0 Å². The zero-order valence-electron chi connectivity index (χ0n) is 11.7. The Labute approximate surface area is 114 Å². The molecule has 19 heavy (non-hydrogen) atoms. The van der Waals surface area contributed by atoms with Crippen molar-refractivity contribution in [2.45, 2.75) is 19.8 Å². The summed E-state index contributed by atoms with van der Waals surface area (Å²) in [4.78, 5) is 24.9. The summed E-state index contributed by atoms with van der Waals surface area (Å²) in [6.07, 6.45) is 1.16. The third-order valence-electron chi connectivity index (χ3n) is 2.64. The van der Waals surface area contributed by atoms with Gasteiger partial charge in [-0.05, 0) is 18.1 Å². The molecule has 0 saturated heterocycles. The fraction of sp³-hybridized carbons (Fsp3) is 0.429. The van der Waals surface area contributed by atoms with Gasteiger partial charge in [0.25, 0.3) is 0 Å². The van der Waals surface area contributed by atoms with Crippen molar-refractivity contribution in [3.05, 3.63) is 29.8 Å². The van der Waals surface area contributed by atoms with Crippen LogP contribution in [-0.4, -0.2) is 37.5 Å². The average molecular weight is 263 g/mol. The maximum absolute atomic E-state index is 11.7. The molecule has 3 amide bonds. The number of urea groups is 1. The molecule has 0 saturated carbocycles. The van der Waals surface area contributed by atoms with E-state index in [-0.39, 0.29) is 18.4 Å². The largest absolute Gasteiger partial charge is 0.349 e. The normalized spacial score (nSPS) is 9.84. The summed E-state index contributed by atoms with van der Waals surface area (Å²) in [5, 5.41) is 5.51. The van der Waals surface area contributed by atoms with Crippen LogP contribution in [-0.2, 0) is 11.2 Å². The van der Waals surface area contributed by atoms with Crippen molar-refractivity contribution in [3.63, 3.8) is 0 Å². The first-order valence-electron chi connectivity index (χ1n) is 6.37.